The van der Waals surface area contributed by atoms with Gasteiger partial charge in [-0.15, -0.1) is 0 Å². The molecule has 1 aliphatic heterocycles. The summed E-state index contributed by atoms with van der Waals surface area (Å²) in [7, 11) is 0. The highest BCUT2D eigenvalue weighted by atomic mass is 79.9. The van der Waals surface area contributed by atoms with Crippen LogP contribution in [0.4, 0.5) is 5.69 Å². The van der Waals surface area contributed by atoms with E-state index in [4.69, 9.17) is 0 Å². The van der Waals surface area contributed by atoms with Crippen molar-refractivity contribution >= 4 is 44.2 Å². The van der Waals surface area contributed by atoms with Crippen molar-refractivity contribution in [2.75, 3.05) is 25.0 Å². The van der Waals surface area contributed by atoms with Crippen molar-refractivity contribution in [3.8, 4) is 0 Å². The summed E-state index contributed by atoms with van der Waals surface area (Å²) < 4.78 is 0.953. The first kappa shape index (κ1) is 20.6. The van der Waals surface area contributed by atoms with Crippen molar-refractivity contribution in [3.63, 3.8) is 0 Å². The molecule has 30 heavy (non-hydrogen) atoms. The van der Waals surface area contributed by atoms with E-state index >= 15 is 0 Å². The highest BCUT2D eigenvalue weighted by molar-refractivity contribution is 9.10. The van der Waals surface area contributed by atoms with Gasteiger partial charge in [-0.3, -0.25) is 14.5 Å². The van der Waals surface area contributed by atoms with Crippen LogP contribution in [-0.4, -0.2) is 42.4 Å². The van der Waals surface area contributed by atoms with Gasteiger partial charge in [-0.1, -0.05) is 52.3 Å². The SMILES string of the molecule is O=C(CN1CCC(NC(=O)c2ccc(Br)cc2)CC1)Nc1cccc2ccccc12. The van der Waals surface area contributed by atoms with E-state index in [-0.39, 0.29) is 17.9 Å². The number of anilines is 1. The molecule has 1 heterocycles. The number of hydrogen-bond acceptors (Lipinski definition) is 3. The van der Waals surface area contributed by atoms with Crippen LogP contribution < -0.4 is 10.6 Å². The van der Waals surface area contributed by atoms with Crippen LogP contribution in [0.1, 0.15) is 23.2 Å². The molecule has 0 spiro atoms. The topological polar surface area (TPSA) is 61.4 Å². The third-order valence-corrected chi connectivity index (χ3v) is 5.99. The van der Waals surface area contributed by atoms with Gasteiger partial charge < -0.3 is 10.6 Å². The number of hydrogen-bond donors (Lipinski definition) is 2. The van der Waals surface area contributed by atoms with Crippen molar-refractivity contribution in [2.45, 2.75) is 18.9 Å². The molecule has 0 bridgehead atoms. The zero-order valence-corrected chi connectivity index (χ0v) is 18.2. The minimum absolute atomic E-state index is 0.0105. The summed E-state index contributed by atoms with van der Waals surface area (Å²) in [5.74, 6) is -0.0571. The summed E-state index contributed by atoms with van der Waals surface area (Å²) in [6, 6.07) is 21.5. The number of rotatable bonds is 5. The lowest BCUT2D eigenvalue weighted by Gasteiger charge is -2.31. The second kappa shape index (κ2) is 9.41. The average molecular weight is 466 g/mol. The second-order valence-corrected chi connectivity index (χ2v) is 8.52. The number of nitrogens with zero attached hydrogens (tertiary/aromatic N) is 1. The molecule has 2 amide bonds. The quantitative estimate of drug-likeness (QED) is 0.585. The number of nitrogens with one attached hydrogen (secondary N) is 2. The Labute approximate surface area is 184 Å². The summed E-state index contributed by atoms with van der Waals surface area (Å²) in [6.45, 7) is 1.93. The van der Waals surface area contributed by atoms with E-state index in [0.29, 0.717) is 12.1 Å². The standard InChI is InChI=1S/C24H24BrN3O2/c25-19-10-8-18(9-11-19)24(30)26-20-12-14-28(15-13-20)16-23(29)27-22-7-3-5-17-4-1-2-6-21(17)22/h1-11,20H,12-16H2,(H,26,30)(H,27,29). The minimum atomic E-state index is -0.0466. The third kappa shape index (κ3) is 5.07. The van der Waals surface area contributed by atoms with E-state index in [9.17, 15) is 9.59 Å². The van der Waals surface area contributed by atoms with Gasteiger partial charge in [0.1, 0.15) is 0 Å². The van der Waals surface area contributed by atoms with Gasteiger partial charge in [-0.2, -0.15) is 0 Å². The first-order valence-electron chi connectivity index (χ1n) is 10.1. The summed E-state index contributed by atoms with van der Waals surface area (Å²) in [6.07, 6.45) is 1.67. The lowest BCUT2D eigenvalue weighted by atomic mass is 10.0. The van der Waals surface area contributed by atoms with Crippen LogP contribution in [-0.2, 0) is 4.79 Å². The minimum Gasteiger partial charge on any atom is -0.349 e. The number of benzene rings is 3. The second-order valence-electron chi connectivity index (χ2n) is 7.61. The zero-order chi connectivity index (χ0) is 20.9. The van der Waals surface area contributed by atoms with E-state index in [0.717, 1.165) is 46.9 Å². The molecular formula is C24H24BrN3O2. The molecule has 1 aliphatic rings. The summed E-state index contributed by atoms with van der Waals surface area (Å²) in [4.78, 5) is 27.1. The number of carbonyl (C=O) groups is 2. The third-order valence-electron chi connectivity index (χ3n) is 5.46. The van der Waals surface area contributed by atoms with E-state index in [1.54, 1.807) is 0 Å². The van der Waals surface area contributed by atoms with Gasteiger partial charge in [0, 0.05) is 40.2 Å². The fourth-order valence-electron chi connectivity index (χ4n) is 3.83. The zero-order valence-electron chi connectivity index (χ0n) is 16.6. The Kier molecular flexibility index (Phi) is 6.45. The van der Waals surface area contributed by atoms with Crippen LogP contribution in [0.2, 0.25) is 0 Å². The maximum atomic E-state index is 12.6. The molecule has 1 fully saturated rings. The van der Waals surface area contributed by atoms with Gasteiger partial charge in [0.25, 0.3) is 5.91 Å². The maximum absolute atomic E-state index is 12.6. The lowest BCUT2D eigenvalue weighted by molar-refractivity contribution is -0.117. The molecule has 3 aromatic rings. The van der Waals surface area contributed by atoms with Crippen LogP contribution >= 0.6 is 15.9 Å². The number of halogens is 1. The molecule has 0 radical (unpaired) electrons. The van der Waals surface area contributed by atoms with E-state index in [2.05, 4.69) is 31.5 Å². The van der Waals surface area contributed by atoms with Crippen LogP contribution in [0, 0.1) is 0 Å². The highest BCUT2D eigenvalue weighted by Gasteiger charge is 2.22. The first-order valence-corrected chi connectivity index (χ1v) is 10.9. The Morgan fingerprint density at radius 1 is 0.933 bits per heavy atom. The first-order chi connectivity index (χ1) is 14.6. The molecule has 5 nitrogen and oxygen atoms in total. The van der Waals surface area contributed by atoms with E-state index in [1.807, 2.05) is 66.7 Å². The molecule has 6 heteroatoms. The van der Waals surface area contributed by atoms with Gasteiger partial charge >= 0.3 is 0 Å². The molecule has 0 atom stereocenters. The lowest BCUT2D eigenvalue weighted by Crippen LogP contribution is -2.46. The highest BCUT2D eigenvalue weighted by Crippen LogP contribution is 2.23. The molecule has 0 aromatic heterocycles. The van der Waals surface area contributed by atoms with Crippen molar-refractivity contribution < 1.29 is 9.59 Å². The van der Waals surface area contributed by atoms with Crippen molar-refractivity contribution in [3.05, 3.63) is 76.8 Å². The fourth-order valence-corrected chi connectivity index (χ4v) is 4.10. The number of likely N-dealkylation sites (tertiary alicyclic amines) is 1. The van der Waals surface area contributed by atoms with Crippen LogP contribution in [0.25, 0.3) is 10.8 Å². The Morgan fingerprint density at radius 2 is 1.63 bits per heavy atom. The molecule has 0 unspecified atom stereocenters. The van der Waals surface area contributed by atoms with Crippen molar-refractivity contribution in [1.82, 2.24) is 10.2 Å². The van der Waals surface area contributed by atoms with Crippen LogP contribution in [0.3, 0.4) is 0 Å². The maximum Gasteiger partial charge on any atom is 0.251 e. The molecule has 3 aromatic carbocycles. The molecule has 1 saturated heterocycles. The fraction of sp³-hybridized carbons (Fsp3) is 0.250. The Morgan fingerprint density at radius 3 is 2.40 bits per heavy atom. The van der Waals surface area contributed by atoms with Gasteiger partial charge in [0.2, 0.25) is 5.91 Å². The predicted octanol–water partition coefficient (Wildman–Crippen LogP) is 4.44. The molecular weight excluding hydrogens is 442 g/mol. The van der Waals surface area contributed by atoms with Crippen molar-refractivity contribution in [2.24, 2.45) is 0 Å². The normalized spacial score (nSPS) is 15.1. The largest absolute Gasteiger partial charge is 0.349 e. The van der Waals surface area contributed by atoms with Crippen LogP contribution in [0.15, 0.2) is 71.2 Å². The van der Waals surface area contributed by atoms with Gasteiger partial charge in [-0.05, 0) is 48.6 Å². The summed E-state index contributed by atoms with van der Waals surface area (Å²) in [5.41, 5.74) is 1.50. The number of piperidine rings is 1. The molecule has 2 N–H and O–H groups in total. The Balaban J connectivity index is 1.26. The number of carbonyl (C=O) groups excluding carboxylic acids is 2. The summed E-state index contributed by atoms with van der Waals surface area (Å²) in [5, 5.41) is 8.31. The number of fused-ring (bicyclic) bond motifs is 1. The van der Waals surface area contributed by atoms with Gasteiger partial charge in [0.15, 0.2) is 0 Å². The summed E-state index contributed by atoms with van der Waals surface area (Å²) >= 11 is 3.38. The van der Waals surface area contributed by atoms with Crippen LogP contribution in [0.5, 0.6) is 0 Å². The van der Waals surface area contributed by atoms with E-state index in [1.165, 1.54) is 0 Å². The number of amides is 2. The van der Waals surface area contributed by atoms with Gasteiger partial charge in [0.05, 0.1) is 6.54 Å². The molecule has 4 rings (SSSR count). The Bertz CT molecular complexity index is 1040. The van der Waals surface area contributed by atoms with E-state index < -0.39 is 0 Å². The van der Waals surface area contributed by atoms with Gasteiger partial charge in [-0.25, -0.2) is 0 Å². The monoisotopic (exact) mass is 465 g/mol. The predicted molar refractivity (Wildman–Crippen MR) is 124 cm³/mol. The smallest absolute Gasteiger partial charge is 0.251 e. The average Bonchev–Trinajstić information content (AvgIpc) is 2.76. The van der Waals surface area contributed by atoms with Crippen molar-refractivity contribution in [1.29, 1.82) is 0 Å². The molecule has 0 aliphatic carbocycles. The molecule has 0 saturated carbocycles. The Hall–Kier alpha value is -2.70. The molecule has 154 valence electrons.